The van der Waals surface area contributed by atoms with Crippen molar-refractivity contribution in [2.75, 3.05) is 46.2 Å². The molecular weight excluding hydrogens is 1040 g/mol. The minimum Gasteiger partial charge on any atom is -0.394 e. The summed E-state index contributed by atoms with van der Waals surface area (Å²) < 4.78 is 69.4. The molecule has 1 amide bonds. The first-order chi connectivity index (χ1) is 36.2. The topological polar surface area (TPSA) is 510 Å². The highest BCUT2D eigenvalue weighted by atomic mass is 16.8. The van der Waals surface area contributed by atoms with Crippen molar-refractivity contribution in [1.82, 2.24) is 5.32 Å². The van der Waals surface area contributed by atoms with E-state index in [0.29, 0.717) is 19.4 Å². The molecule has 76 heavy (non-hydrogen) atoms. The lowest BCUT2D eigenvalue weighted by Crippen LogP contribution is -2.70. The molecule has 6 fully saturated rings. The highest BCUT2D eigenvalue weighted by molar-refractivity contribution is 5.73. The number of carbonyl (C=O) groups is 1. The quantitative estimate of drug-likeness (QED) is 0.0423. The zero-order valence-electron chi connectivity index (χ0n) is 41.6. The molecule has 6 aliphatic rings. The Labute approximate surface area is 434 Å². The fraction of sp³-hybridized carbons (Fsp3) is 0.977. The Bertz CT molecular complexity index is 1730. The second kappa shape index (κ2) is 28.8. The van der Waals surface area contributed by atoms with E-state index in [4.69, 9.17) is 62.6 Å². The Kier molecular flexibility index (Phi) is 24.0. The van der Waals surface area contributed by atoms with Gasteiger partial charge in [0.1, 0.15) is 140 Å². The van der Waals surface area contributed by atoms with E-state index >= 15 is 0 Å². The van der Waals surface area contributed by atoms with Gasteiger partial charge in [0, 0.05) is 13.5 Å². The average molecular weight is 1120 g/mol. The predicted octanol–water partition coefficient (Wildman–Crippen LogP) is -11.4. The van der Waals surface area contributed by atoms with Crippen molar-refractivity contribution in [2.45, 2.75) is 224 Å². The second-order valence-corrected chi connectivity index (χ2v) is 19.4. The standard InChI is InChI=1S/C44H78N2O30/c1-3-15-22(53)26(57)30(61)41(66-15)76-38-27(58)23(54)16(9-47)69-44(38)74-36-21(46-14(2)52)39(67-17(10-48)24(36)55)75-37-25(56)18(11-49)68-43(33(37)64)73-35-20(13-51)71-42(32(63)29(35)60)72-34-19(12-50)70-40(31(62)28(34)59)65-8-6-4-5-7-45/h15-44,47-51,53-64H,3-13,45H2,1-2H3,(H,46,52)/t15?,16?,17?,18?,19?,20?,21?,22-,23+,24+,25+,26?,27?,28?,29?,30?,31?,32?,33?,34-,35+,36?,37?,38?,39+,40-,41+,42+,43-,44+/m1/s1. The van der Waals surface area contributed by atoms with Crippen molar-refractivity contribution in [3.05, 3.63) is 0 Å². The van der Waals surface area contributed by atoms with Crippen LogP contribution in [0, 0.1) is 0 Å². The summed E-state index contributed by atoms with van der Waals surface area (Å²) in [6.07, 6.45) is -51.0. The van der Waals surface area contributed by atoms with E-state index in [-0.39, 0.29) is 13.0 Å². The molecule has 0 radical (unpaired) electrons. The van der Waals surface area contributed by atoms with Crippen LogP contribution in [0.1, 0.15) is 39.5 Å². The van der Waals surface area contributed by atoms with Crippen molar-refractivity contribution in [3.63, 3.8) is 0 Å². The van der Waals surface area contributed by atoms with E-state index in [0.717, 1.165) is 13.3 Å². The fourth-order valence-electron chi connectivity index (χ4n) is 9.83. The van der Waals surface area contributed by atoms with Gasteiger partial charge >= 0.3 is 0 Å². The van der Waals surface area contributed by atoms with Crippen molar-refractivity contribution in [1.29, 1.82) is 0 Å². The summed E-state index contributed by atoms with van der Waals surface area (Å²) in [5.74, 6) is -0.857. The van der Waals surface area contributed by atoms with Crippen molar-refractivity contribution < 1.29 is 148 Å². The van der Waals surface area contributed by atoms with E-state index in [1.165, 1.54) is 0 Å². The van der Waals surface area contributed by atoms with E-state index in [1.807, 2.05) is 0 Å². The van der Waals surface area contributed by atoms with Gasteiger partial charge in [-0.1, -0.05) is 6.92 Å². The van der Waals surface area contributed by atoms with Gasteiger partial charge in [-0.15, -0.1) is 0 Å². The lowest BCUT2D eigenvalue weighted by atomic mass is 9.94. The number of hydrogen-bond acceptors (Lipinski definition) is 31. The molecule has 18 unspecified atom stereocenters. The van der Waals surface area contributed by atoms with E-state index in [9.17, 15) is 91.6 Å². The van der Waals surface area contributed by atoms with Crippen LogP contribution in [0.5, 0.6) is 0 Å². The number of aliphatic hydroxyl groups excluding tert-OH is 17. The molecule has 30 atom stereocenters. The predicted molar refractivity (Wildman–Crippen MR) is 241 cm³/mol. The smallest absolute Gasteiger partial charge is 0.217 e. The van der Waals surface area contributed by atoms with E-state index < -0.39 is 223 Å². The molecule has 20 N–H and O–H groups in total. The number of hydrogen-bond donors (Lipinski definition) is 19. The van der Waals surface area contributed by atoms with Gasteiger partial charge < -0.3 is 155 Å². The Morgan fingerprint density at radius 2 is 0.803 bits per heavy atom. The van der Waals surface area contributed by atoms with Gasteiger partial charge in [0.05, 0.1) is 39.1 Å². The number of nitrogens with one attached hydrogen (secondary N) is 1. The summed E-state index contributed by atoms with van der Waals surface area (Å²) in [7, 11) is 0. The number of unbranched alkanes of at least 4 members (excludes halogenated alkanes) is 2. The monoisotopic (exact) mass is 1110 g/mol. The van der Waals surface area contributed by atoms with Crippen LogP contribution in [-0.2, 0) is 61.6 Å². The number of carbonyl (C=O) groups excluding carboxylic acids is 1. The van der Waals surface area contributed by atoms with Gasteiger partial charge in [0.15, 0.2) is 37.7 Å². The number of ether oxygens (including phenoxy) is 12. The summed E-state index contributed by atoms with van der Waals surface area (Å²) in [6, 6.07) is -1.79. The third-order valence-electron chi connectivity index (χ3n) is 14.2. The van der Waals surface area contributed by atoms with Crippen LogP contribution < -0.4 is 11.1 Å². The second-order valence-electron chi connectivity index (χ2n) is 19.4. The SMILES string of the molecule is CCC1O[C@@H](OC2C(O)[C@@H](O)C(CO)O[C@H]2OC2C(NC(C)=O)[C@H](OC3C(O)[C@@H](O[C@H]4C(CO)O[C@@H](O[C@@H]5C(CO)O[C@@H](OCCCCCN)C(O)C5O)C(O)C4O)OC(CO)[C@@H]3O)OC(CO)[C@@H]2O)C(O)C(O)[C@@H]1O. The Balaban J connectivity index is 1.20. The summed E-state index contributed by atoms with van der Waals surface area (Å²) in [6.45, 7) is -1.60. The molecule has 0 spiro atoms. The first-order valence-electron chi connectivity index (χ1n) is 25.2. The van der Waals surface area contributed by atoms with Crippen LogP contribution in [0.15, 0.2) is 0 Å². The number of nitrogens with two attached hydrogens (primary N) is 1. The van der Waals surface area contributed by atoms with Crippen LogP contribution in [0.25, 0.3) is 0 Å². The lowest BCUT2D eigenvalue weighted by Gasteiger charge is -2.51. The van der Waals surface area contributed by atoms with Crippen LogP contribution in [0.2, 0.25) is 0 Å². The van der Waals surface area contributed by atoms with Crippen molar-refractivity contribution >= 4 is 5.91 Å². The van der Waals surface area contributed by atoms with Crippen LogP contribution in [-0.4, -0.2) is 323 Å². The summed E-state index contributed by atoms with van der Waals surface area (Å²) in [5.41, 5.74) is 5.51. The average Bonchev–Trinajstić information content (AvgIpc) is 3.40. The van der Waals surface area contributed by atoms with Crippen LogP contribution >= 0.6 is 0 Å². The van der Waals surface area contributed by atoms with E-state index in [2.05, 4.69) is 5.32 Å². The van der Waals surface area contributed by atoms with Crippen LogP contribution in [0.3, 0.4) is 0 Å². The third kappa shape index (κ3) is 14.1. The minimum atomic E-state index is -2.21. The number of amides is 1. The van der Waals surface area contributed by atoms with Gasteiger partial charge in [0.25, 0.3) is 0 Å². The molecule has 0 aliphatic carbocycles. The van der Waals surface area contributed by atoms with Gasteiger partial charge in [-0.2, -0.15) is 0 Å². The maximum absolute atomic E-state index is 12.8. The first kappa shape index (κ1) is 63.5. The third-order valence-corrected chi connectivity index (χ3v) is 14.2. The molecule has 0 aromatic heterocycles. The zero-order valence-corrected chi connectivity index (χ0v) is 41.6. The molecule has 6 aliphatic heterocycles. The maximum Gasteiger partial charge on any atom is 0.217 e. The van der Waals surface area contributed by atoms with Gasteiger partial charge in [-0.25, -0.2) is 0 Å². The van der Waals surface area contributed by atoms with E-state index in [1.54, 1.807) is 6.92 Å². The molecule has 6 heterocycles. The highest BCUT2D eigenvalue weighted by Gasteiger charge is 2.58. The molecule has 0 aromatic rings. The van der Waals surface area contributed by atoms with Gasteiger partial charge in [0.2, 0.25) is 5.91 Å². The van der Waals surface area contributed by atoms with Crippen molar-refractivity contribution in [2.24, 2.45) is 5.73 Å². The first-order valence-corrected chi connectivity index (χ1v) is 25.2. The van der Waals surface area contributed by atoms with Gasteiger partial charge in [-0.05, 0) is 32.2 Å². The largest absolute Gasteiger partial charge is 0.394 e. The minimum absolute atomic E-state index is 0.0972. The van der Waals surface area contributed by atoms with Crippen molar-refractivity contribution in [3.8, 4) is 0 Å². The number of rotatable bonds is 23. The maximum atomic E-state index is 12.8. The molecule has 6 rings (SSSR count). The molecule has 0 aromatic carbocycles. The molecule has 0 bridgehead atoms. The molecule has 32 heteroatoms. The zero-order chi connectivity index (χ0) is 55.9. The highest BCUT2D eigenvalue weighted by Crippen LogP contribution is 2.37. The molecule has 6 saturated heterocycles. The van der Waals surface area contributed by atoms with Crippen LogP contribution in [0.4, 0.5) is 0 Å². The lowest BCUT2D eigenvalue weighted by molar-refractivity contribution is -0.393. The Hall–Kier alpha value is -1.73. The summed E-state index contributed by atoms with van der Waals surface area (Å²) in [4.78, 5) is 12.8. The fourth-order valence-corrected chi connectivity index (χ4v) is 9.83. The Morgan fingerprint density at radius 3 is 1.34 bits per heavy atom. The molecule has 0 saturated carbocycles. The van der Waals surface area contributed by atoms with Gasteiger partial charge in [-0.3, -0.25) is 4.79 Å². The summed E-state index contributed by atoms with van der Waals surface area (Å²) >= 11 is 0. The Morgan fingerprint density at radius 1 is 0.408 bits per heavy atom. The molecule has 444 valence electrons. The normalized spacial score (nSPS) is 48.4. The number of aliphatic hydroxyl groups is 17. The summed E-state index contributed by atoms with van der Waals surface area (Å²) in [5, 5.41) is 187. The molecular formula is C44H78N2O30. The molecule has 32 nitrogen and oxygen atoms in total.